The first-order valence-corrected chi connectivity index (χ1v) is 8.43. The number of carbonyl (C=O) groups is 2. The van der Waals surface area contributed by atoms with Gasteiger partial charge in [-0.25, -0.2) is 4.79 Å². The van der Waals surface area contributed by atoms with Crippen molar-refractivity contribution < 1.29 is 19.4 Å². The van der Waals surface area contributed by atoms with Crippen LogP contribution in [0.15, 0.2) is 43.0 Å². The van der Waals surface area contributed by atoms with Crippen molar-refractivity contribution in [1.29, 1.82) is 0 Å². The number of para-hydroxylation sites is 1. The van der Waals surface area contributed by atoms with Gasteiger partial charge in [-0.1, -0.05) is 24.3 Å². The molecule has 2 aromatic carbocycles. The molecule has 1 unspecified atom stereocenters. The van der Waals surface area contributed by atoms with Crippen LogP contribution in [0.4, 0.5) is 0 Å². The fourth-order valence-electron chi connectivity index (χ4n) is 3.72. The topological polar surface area (TPSA) is 80.6 Å². The number of nitrogens with zero attached hydrogens (tertiary/aromatic N) is 1. The summed E-state index contributed by atoms with van der Waals surface area (Å²) in [4.78, 5) is 24.9. The maximum absolute atomic E-state index is 12.5. The van der Waals surface area contributed by atoms with Crippen molar-refractivity contribution in [2.45, 2.75) is 19.7 Å². The van der Waals surface area contributed by atoms with Crippen LogP contribution in [0.1, 0.15) is 39.4 Å². The van der Waals surface area contributed by atoms with E-state index in [4.69, 9.17) is 4.74 Å². The molecule has 1 aromatic heterocycles. The molecule has 0 fully saturated rings. The first kappa shape index (κ1) is 16.4. The van der Waals surface area contributed by atoms with E-state index in [9.17, 15) is 14.7 Å². The lowest BCUT2D eigenvalue weighted by Gasteiger charge is -2.11. The Hall–Kier alpha value is -3.12. The summed E-state index contributed by atoms with van der Waals surface area (Å²) in [6.07, 6.45) is 0.598. The van der Waals surface area contributed by atoms with E-state index in [1.807, 2.05) is 28.8 Å². The Kier molecular flexibility index (Phi) is 3.77. The van der Waals surface area contributed by atoms with Crippen LogP contribution in [-0.2, 0) is 11.3 Å². The molecule has 1 amide bonds. The molecule has 3 aromatic rings. The molecule has 0 saturated carbocycles. The minimum atomic E-state index is -1.17. The van der Waals surface area contributed by atoms with E-state index in [1.165, 1.54) is 0 Å². The predicted molar refractivity (Wildman–Crippen MR) is 98.0 cm³/mol. The van der Waals surface area contributed by atoms with Crippen LogP contribution in [0.25, 0.3) is 21.8 Å². The molecule has 0 radical (unpaired) electrons. The second-order valence-electron chi connectivity index (χ2n) is 6.12. The number of hydrogen-bond acceptors (Lipinski definition) is 4. The van der Waals surface area contributed by atoms with Crippen LogP contribution < -0.4 is 5.32 Å². The zero-order valence-electron chi connectivity index (χ0n) is 14.3. The number of benzene rings is 2. The van der Waals surface area contributed by atoms with Gasteiger partial charge in [0.2, 0.25) is 0 Å². The van der Waals surface area contributed by atoms with Crippen molar-refractivity contribution >= 4 is 33.7 Å². The molecule has 2 heterocycles. The molecule has 0 aliphatic carbocycles. The van der Waals surface area contributed by atoms with Crippen molar-refractivity contribution in [2.24, 2.45) is 0 Å². The molecule has 1 aliphatic heterocycles. The van der Waals surface area contributed by atoms with E-state index < -0.39 is 18.1 Å². The van der Waals surface area contributed by atoms with E-state index in [-0.39, 0.29) is 17.7 Å². The van der Waals surface area contributed by atoms with Gasteiger partial charge in [-0.3, -0.25) is 4.79 Å². The van der Waals surface area contributed by atoms with Gasteiger partial charge in [0.15, 0.2) is 6.23 Å². The van der Waals surface area contributed by atoms with Gasteiger partial charge in [0, 0.05) is 28.4 Å². The molecule has 2 N–H and O–H groups in total. The summed E-state index contributed by atoms with van der Waals surface area (Å²) in [5.41, 5.74) is 2.47. The molecule has 1 atom stereocenters. The maximum atomic E-state index is 12.5. The maximum Gasteiger partial charge on any atom is 0.339 e. The summed E-state index contributed by atoms with van der Waals surface area (Å²) < 4.78 is 7.14. The summed E-state index contributed by atoms with van der Waals surface area (Å²) in [5.74, 6) is -1.05. The Morgan fingerprint density at radius 1 is 1.38 bits per heavy atom. The summed E-state index contributed by atoms with van der Waals surface area (Å²) >= 11 is 0. The predicted octanol–water partition coefficient (Wildman–Crippen LogP) is 2.89. The number of ether oxygens (including phenoxy) is 1. The number of hydrogen-bond donors (Lipinski definition) is 2. The molecular formula is C20H18N2O4. The molecule has 6 heteroatoms. The van der Waals surface area contributed by atoms with Gasteiger partial charge in [-0.15, -0.1) is 6.58 Å². The van der Waals surface area contributed by atoms with Gasteiger partial charge in [0.1, 0.15) is 0 Å². The third kappa shape index (κ3) is 2.16. The number of allylic oxidation sites excluding steroid dienone is 1. The van der Waals surface area contributed by atoms with Gasteiger partial charge in [0.25, 0.3) is 5.91 Å². The summed E-state index contributed by atoms with van der Waals surface area (Å²) in [6, 6.07) is 9.41. The number of carbonyl (C=O) groups excluding carboxylic acids is 2. The zero-order valence-corrected chi connectivity index (χ0v) is 14.3. The molecule has 4 rings (SSSR count). The van der Waals surface area contributed by atoms with Crippen molar-refractivity contribution in [2.75, 3.05) is 6.61 Å². The SMILES string of the molecule is C=CCn1c2ccccc2c2c3c(c(C(=O)OCC)cc21)C(=O)NC3O. The fraction of sp³-hybridized carbons (Fsp3) is 0.200. The number of aromatic nitrogens is 1. The highest BCUT2D eigenvalue weighted by atomic mass is 16.5. The van der Waals surface area contributed by atoms with E-state index in [1.54, 1.807) is 19.1 Å². The number of aliphatic hydroxyl groups is 1. The molecule has 0 bridgehead atoms. The Bertz CT molecular complexity index is 1080. The minimum Gasteiger partial charge on any atom is -0.462 e. The molecule has 0 spiro atoms. The third-order valence-corrected chi connectivity index (χ3v) is 4.68. The average molecular weight is 350 g/mol. The summed E-state index contributed by atoms with van der Waals surface area (Å²) in [7, 11) is 0. The lowest BCUT2D eigenvalue weighted by molar-refractivity contribution is 0.0523. The first-order valence-electron chi connectivity index (χ1n) is 8.43. The monoisotopic (exact) mass is 350 g/mol. The smallest absolute Gasteiger partial charge is 0.339 e. The van der Waals surface area contributed by atoms with Crippen LogP contribution in [0, 0.1) is 0 Å². The highest BCUT2D eigenvalue weighted by Gasteiger charge is 2.36. The van der Waals surface area contributed by atoms with E-state index in [0.29, 0.717) is 12.1 Å². The number of nitrogens with one attached hydrogen (secondary N) is 1. The van der Waals surface area contributed by atoms with Crippen LogP contribution in [0.3, 0.4) is 0 Å². The number of esters is 1. The Labute approximate surface area is 149 Å². The van der Waals surface area contributed by atoms with Crippen molar-refractivity contribution in [3.05, 3.63) is 59.7 Å². The highest BCUT2D eigenvalue weighted by Crippen LogP contribution is 2.40. The van der Waals surface area contributed by atoms with Crippen molar-refractivity contribution in [3.63, 3.8) is 0 Å². The van der Waals surface area contributed by atoms with E-state index >= 15 is 0 Å². The van der Waals surface area contributed by atoms with Crippen LogP contribution >= 0.6 is 0 Å². The Morgan fingerprint density at radius 3 is 2.88 bits per heavy atom. The molecule has 0 saturated heterocycles. The number of fused-ring (bicyclic) bond motifs is 5. The van der Waals surface area contributed by atoms with Gasteiger partial charge < -0.3 is 19.7 Å². The Morgan fingerprint density at radius 2 is 2.15 bits per heavy atom. The minimum absolute atomic E-state index is 0.163. The van der Waals surface area contributed by atoms with Crippen molar-refractivity contribution in [3.8, 4) is 0 Å². The number of aliphatic hydroxyl groups excluding tert-OH is 1. The van der Waals surface area contributed by atoms with Crippen molar-refractivity contribution in [1.82, 2.24) is 9.88 Å². The molecule has 132 valence electrons. The van der Waals surface area contributed by atoms with Gasteiger partial charge >= 0.3 is 5.97 Å². The van der Waals surface area contributed by atoms with Crippen LogP contribution in [0.5, 0.6) is 0 Å². The molecule has 1 aliphatic rings. The zero-order chi connectivity index (χ0) is 18.4. The first-order chi connectivity index (χ1) is 12.6. The number of amides is 1. The van der Waals surface area contributed by atoms with E-state index in [0.717, 1.165) is 21.8 Å². The normalized spacial score (nSPS) is 15.9. The van der Waals surface area contributed by atoms with Gasteiger partial charge in [0.05, 0.1) is 23.3 Å². The van der Waals surface area contributed by atoms with Gasteiger partial charge in [-0.05, 0) is 19.1 Å². The summed E-state index contributed by atoms with van der Waals surface area (Å²) in [6.45, 7) is 6.25. The third-order valence-electron chi connectivity index (χ3n) is 4.68. The van der Waals surface area contributed by atoms with Crippen LogP contribution in [-0.4, -0.2) is 28.2 Å². The molecule has 26 heavy (non-hydrogen) atoms. The van der Waals surface area contributed by atoms with Gasteiger partial charge in [-0.2, -0.15) is 0 Å². The Balaban J connectivity index is 2.19. The fourth-order valence-corrected chi connectivity index (χ4v) is 3.72. The largest absolute Gasteiger partial charge is 0.462 e. The van der Waals surface area contributed by atoms with E-state index in [2.05, 4.69) is 11.9 Å². The average Bonchev–Trinajstić information content (AvgIpc) is 3.10. The highest BCUT2D eigenvalue weighted by molar-refractivity contribution is 6.19. The summed E-state index contributed by atoms with van der Waals surface area (Å²) in [5, 5.41) is 14.6. The van der Waals surface area contributed by atoms with Crippen LogP contribution in [0.2, 0.25) is 0 Å². The number of rotatable bonds is 4. The second kappa shape index (κ2) is 6.00. The lowest BCUT2D eigenvalue weighted by atomic mass is 9.96. The molecular weight excluding hydrogens is 332 g/mol. The lowest BCUT2D eigenvalue weighted by Crippen LogP contribution is -2.19. The second-order valence-corrected chi connectivity index (χ2v) is 6.12. The molecule has 6 nitrogen and oxygen atoms in total. The standard InChI is InChI=1S/C20H18N2O4/c1-3-9-22-13-8-6-5-7-11(13)15-14(22)10-12(20(25)26-4-2)16-17(15)19(24)21-18(16)23/h3,5-8,10,19,24H,1,4,9H2,2H3,(H,21,23). The quantitative estimate of drug-likeness (QED) is 0.560.